The Morgan fingerprint density at radius 3 is 2.29 bits per heavy atom. The number of ether oxygens (including phenoxy) is 1. The van der Waals surface area contributed by atoms with E-state index < -0.39 is 16.1 Å². The molecule has 0 atom stereocenters. The number of nitrogen functional groups attached to an aromatic ring is 1. The number of sulfonamides is 1. The molecular weight excluding hydrogens is 294 g/mol. The van der Waals surface area contributed by atoms with Crippen molar-refractivity contribution in [3.8, 4) is 0 Å². The fraction of sp³-hybridized carbons (Fsp3) is 0.462. The van der Waals surface area contributed by atoms with Gasteiger partial charge < -0.3 is 15.4 Å². The molecule has 0 unspecified atom stereocenters. The molecule has 1 amide bonds. The molecule has 0 saturated carbocycles. The molecule has 0 aromatic heterocycles. The summed E-state index contributed by atoms with van der Waals surface area (Å²) in [5.41, 5.74) is 6.08. The van der Waals surface area contributed by atoms with Gasteiger partial charge in [0.25, 0.3) is 0 Å². The molecule has 0 bridgehead atoms. The van der Waals surface area contributed by atoms with Crippen LogP contribution < -0.4 is 5.73 Å². The van der Waals surface area contributed by atoms with Crippen LogP contribution >= 0.6 is 0 Å². The lowest BCUT2D eigenvalue weighted by atomic mass is 10.3. The molecule has 1 aliphatic heterocycles. The van der Waals surface area contributed by atoms with Crippen molar-refractivity contribution in [3.63, 3.8) is 0 Å². The first kappa shape index (κ1) is 15.6. The molecule has 8 heteroatoms. The average Bonchev–Trinajstić information content (AvgIpc) is 2.48. The zero-order valence-corrected chi connectivity index (χ0v) is 12.7. The lowest BCUT2D eigenvalue weighted by Gasteiger charge is -2.33. The van der Waals surface area contributed by atoms with Gasteiger partial charge in [0.05, 0.1) is 11.5 Å². The van der Waals surface area contributed by atoms with E-state index in [4.69, 9.17) is 10.5 Å². The molecule has 2 rings (SSSR count). The Morgan fingerprint density at radius 1 is 1.19 bits per heavy atom. The minimum absolute atomic E-state index is 0.210. The number of hydrogen-bond acceptors (Lipinski definition) is 5. The molecule has 116 valence electrons. The van der Waals surface area contributed by atoms with E-state index in [1.807, 2.05) is 0 Å². The van der Waals surface area contributed by atoms with E-state index in [-0.39, 0.29) is 18.0 Å². The van der Waals surface area contributed by atoms with Gasteiger partial charge >= 0.3 is 6.09 Å². The Labute approximate surface area is 124 Å². The first-order chi connectivity index (χ1) is 9.95. The van der Waals surface area contributed by atoms with Crippen LogP contribution in [-0.2, 0) is 14.8 Å². The molecule has 1 fully saturated rings. The molecule has 1 heterocycles. The highest BCUT2D eigenvalue weighted by Crippen LogP contribution is 2.19. The highest BCUT2D eigenvalue weighted by molar-refractivity contribution is 7.89. The van der Waals surface area contributed by atoms with E-state index in [1.165, 1.54) is 21.3 Å². The summed E-state index contributed by atoms with van der Waals surface area (Å²) in [6.45, 7) is 3.21. The second-order valence-electron chi connectivity index (χ2n) is 4.66. The van der Waals surface area contributed by atoms with Crippen LogP contribution in [0.2, 0.25) is 0 Å². The first-order valence-electron chi connectivity index (χ1n) is 6.72. The monoisotopic (exact) mass is 313 g/mol. The third-order valence-electron chi connectivity index (χ3n) is 3.28. The maximum absolute atomic E-state index is 12.5. The number of carbonyl (C=O) groups excluding carboxylic acids is 1. The lowest BCUT2D eigenvalue weighted by Crippen LogP contribution is -2.50. The molecule has 1 saturated heterocycles. The fourth-order valence-electron chi connectivity index (χ4n) is 2.11. The van der Waals surface area contributed by atoms with Crippen LogP contribution in [0.5, 0.6) is 0 Å². The molecular formula is C13H19N3O4S. The summed E-state index contributed by atoms with van der Waals surface area (Å²) in [5, 5.41) is 0. The standard InChI is InChI=1S/C13H19N3O4S/c1-2-20-13(17)15-7-9-16(10-8-15)21(18,19)12-5-3-11(14)4-6-12/h3-6H,2,7-10,14H2,1H3. The number of anilines is 1. The summed E-state index contributed by atoms with van der Waals surface area (Å²) in [4.78, 5) is 13.3. The molecule has 7 nitrogen and oxygen atoms in total. The number of nitrogens with two attached hydrogens (primary N) is 1. The summed E-state index contributed by atoms with van der Waals surface area (Å²) in [7, 11) is -3.54. The van der Waals surface area contributed by atoms with Crippen LogP contribution in [0.15, 0.2) is 29.2 Å². The second-order valence-corrected chi connectivity index (χ2v) is 6.60. The minimum atomic E-state index is -3.54. The number of rotatable bonds is 3. The molecule has 1 aliphatic rings. The largest absolute Gasteiger partial charge is 0.450 e. The third-order valence-corrected chi connectivity index (χ3v) is 5.20. The van der Waals surface area contributed by atoms with Crippen LogP contribution in [0.4, 0.5) is 10.5 Å². The molecule has 21 heavy (non-hydrogen) atoms. The van der Waals surface area contributed by atoms with Gasteiger partial charge in [-0.1, -0.05) is 0 Å². The van der Waals surface area contributed by atoms with Gasteiger partial charge in [0.1, 0.15) is 0 Å². The topological polar surface area (TPSA) is 92.9 Å². The van der Waals surface area contributed by atoms with Crippen molar-refractivity contribution in [1.82, 2.24) is 9.21 Å². The van der Waals surface area contributed by atoms with Crippen molar-refractivity contribution in [1.29, 1.82) is 0 Å². The van der Waals surface area contributed by atoms with Gasteiger partial charge in [-0.2, -0.15) is 4.31 Å². The van der Waals surface area contributed by atoms with E-state index in [2.05, 4.69) is 0 Å². The normalized spacial score (nSPS) is 16.7. The summed E-state index contributed by atoms with van der Waals surface area (Å²) in [6.07, 6.45) is -0.401. The highest BCUT2D eigenvalue weighted by atomic mass is 32.2. The fourth-order valence-corrected chi connectivity index (χ4v) is 3.54. The number of amides is 1. The Balaban J connectivity index is 2.04. The van der Waals surface area contributed by atoms with Crippen molar-refractivity contribution >= 4 is 21.8 Å². The highest BCUT2D eigenvalue weighted by Gasteiger charge is 2.30. The first-order valence-corrected chi connectivity index (χ1v) is 8.16. The predicted molar refractivity (Wildman–Crippen MR) is 78.2 cm³/mol. The van der Waals surface area contributed by atoms with Gasteiger partial charge in [0.15, 0.2) is 0 Å². The molecule has 1 aromatic carbocycles. The van der Waals surface area contributed by atoms with Gasteiger partial charge in [-0.25, -0.2) is 13.2 Å². The third kappa shape index (κ3) is 3.45. The SMILES string of the molecule is CCOC(=O)N1CCN(S(=O)(=O)c2ccc(N)cc2)CC1. The van der Waals surface area contributed by atoms with Crippen molar-refractivity contribution in [2.75, 3.05) is 38.5 Å². The molecule has 0 radical (unpaired) electrons. The van der Waals surface area contributed by atoms with Crippen LogP contribution in [0.25, 0.3) is 0 Å². The summed E-state index contributed by atoms with van der Waals surface area (Å²) in [5.74, 6) is 0. The van der Waals surface area contributed by atoms with Crippen molar-refractivity contribution in [2.24, 2.45) is 0 Å². The van der Waals surface area contributed by atoms with Gasteiger partial charge in [0.2, 0.25) is 10.0 Å². The number of benzene rings is 1. The minimum Gasteiger partial charge on any atom is -0.450 e. The van der Waals surface area contributed by atoms with Gasteiger partial charge in [0, 0.05) is 31.9 Å². The van der Waals surface area contributed by atoms with Gasteiger partial charge in [-0.3, -0.25) is 0 Å². The summed E-state index contributed by atoms with van der Waals surface area (Å²) >= 11 is 0. The van der Waals surface area contributed by atoms with E-state index in [1.54, 1.807) is 19.1 Å². The number of carbonyl (C=O) groups is 1. The average molecular weight is 313 g/mol. The number of hydrogen-bond donors (Lipinski definition) is 1. The van der Waals surface area contributed by atoms with Crippen LogP contribution in [0.1, 0.15) is 6.92 Å². The molecule has 0 aliphatic carbocycles. The van der Waals surface area contributed by atoms with E-state index in [0.717, 1.165) is 0 Å². The van der Waals surface area contributed by atoms with E-state index in [0.29, 0.717) is 25.4 Å². The van der Waals surface area contributed by atoms with E-state index >= 15 is 0 Å². The van der Waals surface area contributed by atoms with Crippen molar-refractivity contribution in [2.45, 2.75) is 11.8 Å². The van der Waals surface area contributed by atoms with Crippen LogP contribution in [-0.4, -0.2) is 56.5 Å². The molecule has 2 N–H and O–H groups in total. The smallest absolute Gasteiger partial charge is 0.409 e. The second kappa shape index (κ2) is 6.31. The van der Waals surface area contributed by atoms with E-state index in [9.17, 15) is 13.2 Å². The Hall–Kier alpha value is -1.80. The number of piperazine rings is 1. The Kier molecular flexibility index (Phi) is 4.69. The quantitative estimate of drug-likeness (QED) is 0.831. The number of nitrogens with zero attached hydrogens (tertiary/aromatic N) is 2. The summed E-state index contributed by atoms with van der Waals surface area (Å²) in [6, 6.07) is 6.09. The maximum atomic E-state index is 12.5. The predicted octanol–water partition coefficient (Wildman–Crippen LogP) is 0.732. The molecule has 1 aromatic rings. The van der Waals surface area contributed by atoms with Crippen molar-refractivity contribution < 1.29 is 17.9 Å². The van der Waals surface area contributed by atoms with Gasteiger partial charge in [-0.15, -0.1) is 0 Å². The van der Waals surface area contributed by atoms with Crippen LogP contribution in [0.3, 0.4) is 0 Å². The summed E-state index contributed by atoms with van der Waals surface area (Å²) < 4.78 is 31.2. The maximum Gasteiger partial charge on any atom is 0.409 e. The van der Waals surface area contributed by atoms with Gasteiger partial charge in [-0.05, 0) is 31.2 Å². The van der Waals surface area contributed by atoms with Crippen LogP contribution in [0, 0.1) is 0 Å². The Bertz CT molecular complexity index is 592. The zero-order chi connectivity index (χ0) is 15.5. The van der Waals surface area contributed by atoms with Crippen molar-refractivity contribution in [3.05, 3.63) is 24.3 Å². The zero-order valence-electron chi connectivity index (χ0n) is 11.9. The lowest BCUT2D eigenvalue weighted by molar-refractivity contribution is 0.0934. The molecule has 0 spiro atoms. The Morgan fingerprint density at radius 2 is 1.76 bits per heavy atom.